The number of rotatable bonds is 11. The SMILES string of the molecule is CCCCCCCCCCC(C)(C(=O)OC)C(=O)OC.[K].[Na]. The molecule has 0 aliphatic rings. The summed E-state index contributed by atoms with van der Waals surface area (Å²) in [7, 11) is 2.61. The second kappa shape index (κ2) is 17.4. The molecule has 0 rings (SSSR count). The molecule has 120 valence electrons. The van der Waals surface area contributed by atoms with Gasteiger partial charge in [0.05, 0.1) is 14.2 Å². The maximum absolute atomic E-state index is 11.7. The van der Waals surface area contributed by atoms with Crippen molar-refractivity contribution in [3.63, 3.8) is 0 Å². The van der Waals surface area contributed by atoms with Gasteiger partial charge in [-0.05, 0) is 13.3 Å². The summed E-state index contributed by atoms with van der Waals surface area (Å²) < 4.78 is 9.44. The van der Waals surface area contributed by atoms with E-state index in [1.165, 1.54) is 46.3 Å². The minimum absolute atomic E-state index is 0. The van der Waals surface area contributed by atoms with Gasteiger partial charge in [-0.25, -0.2) is 0 Å². The van der Waals surface area contributed by atoms with Crippen LogP contribution in [0.3, 0.4) is 0 Å². The van der Waals surface area contributed by atoms with Crippen LogP contribution in [0.1, 0.15) is 71.6 Å². The van der Waals surface area contributed by atoms with Crippen LogP contribution in [0.4, 0.5) is 0 Å². The first-order chi connectivity index (χ1) is 9.52. The smallest absolute Gasteiger partial charge is 0.322 e. The van der Waals surface area contributed by atoms with Gasteiger partial charge in [-0.3, -0.25) is 9.59 Å². The van der Waals surface area contributed by atoms with E-state index in [1.807, 2.05) is 0 Å². The van der Waals surface area contributed by atoms with E-state index >= 15 is 0 Å². The van der Waals surface area contributed by atoms with Gasteiger partial charge in [0.25, 0.3) is 0 Å². The summed E-state index contributed by atoms with van der Waals surface area (Å²) in [4.78, 5) is 23.5. The van der Waals surface area contributed by atoms with Gasteiger partial charge < -0.3 is 9.47 Å². The topological polar surface area (TPSA) is 52.6 Å². The average Bonchev–Trinajstić information content (AvgIpc) is 2.47. The number of methoxy groups -OCH3 is 2. The zero-order valence-electron chi connectivity index (χ0n) is 15.5. The van der Waals surface area contributed by atoms with E-state index in [0.29, 0.717) is 6.42 Å². The molecule has 0 saturated carbocycles. The Morgan fingerprint density at radius 3 is 1.55 bits per heavy atom. The quantitative estimate of drug-likeness (QED) is 0.249. The van der Waals surface area contributed by atoms with Gasteiger partial charge in [0.2, 0.25) is 0 Å². The Kier molecular flexibility index (Phi) is 22.4. The van der Waals surface area contributed by atoms with Crippen LogP contribution in [0.15, 0.2) is 0 Å². The van der Waals surface area contributed by atoms with E-state index in [9.17, 15) is 9.59 Å². The van der Waals surface area contributed by atoms with Crippen molar-refractivity contribution in [3.8, 4) is 0 Å². The molecule has 0 fully saturated rings. The van der Waals surface area contributed by atoms with Crippen molar-refractivity contribution in [1.29, 1.82) is 0 Å². The maximum atomic E-state index is 11.7. The Hall–Kier alpha value is 1.58. The predicted octanol–water partition coefficient (Wildman–Crippen LogP) is 3.11. The zero-order valence-corrected chi connectivity index (χ0v) is 20.6. The third-order valence-corrected chi connectivity index (χ3v) is 3.80. The van der Waals surface area contributed by atoms with Crippen LogP contribution < -0.4 is 0 Å². The number of hydrogen-bond donors (Lipinski definition) is 0. The first kappa shape index (κ1) is 28.4. The molecule has 6 heteroatoms. The first-order valence-corrected chi connectivity index (χ1v) is 7.69. The van der Waals surface area contributed by atoms with Gasteiger partial charge in [-0.15, -0.1) is 0 Å². The Bertz CT molecular complexity index is 282. The molecule has 0 saturated heterocycles. The number of carbonyl (C=O) groups excluding carboxylic acids is 2. The Balaban J connectivity index is -0.00000180. The summed E-state index contributed by atoms with van der Waals surface area (Å²) in [6.07, 6.45) is 9.90. The maximum Gasteiger partial charge on any atom is 0.322 e. The second-order valence-corrected chi connectivity index (χ2v) is 5.54. The number of hydrogen-bond acceptors (Lipinski definition) is 4. The molecular formula is C16H30KNaO4. The molecule has 0 N–H and O–H groups in total. The summed E-state index contributed by atoms with van der Waals surface area (Å²) in [6.45, 7) is 3.81. The van der Waals surface area contributed by atoms with E-state index < -0.39 is 17.4 Å². The first-order valence-electron chi connectivity index (χ1n) is 7.69. The van der Waals surface area contributed by atoms with Gasteiger partial charge >= 0.3 is 11.9 Å². The van der Waals surface area contributed by atoms with Crippen molar-refractivity contribution in [1.82, 2.24) is 0 Å². The van der Waals surface area contributed by atoms with Crippen LogP contribution >= 0.6 is 0 Å². The monoisotopic (exact) mass is 348 g/mol. The fourth-order valence-electron chi connectivity index (χ4n) is 2.35. The van der Waals surface area contributed by atoms with E-state index in [0.717, 1.165) is 19.3 Å². The van der Waals surface area contributed by atoms with Crippen molar-refractivity contribution in [2.75, 3.05) is 14.2 Å². The Morgan fingerprint density at radius 2 is 1.18 bits per heavy atom. The molecule has 22 heavy (non-hydrogen) atoms. The fourth-order valence-corrected chi connectivity index (χ4v) is 2.35. The van der Waals surface area contributed by atoms with Crippen molar-refractivity contribution < 1.29 is 19.1 Å². The molecule has 0 aliphatic heterocycles. The van der Waals surface area contributed by atoms with Gasteiger partial charge in [-0.2, -0.15) is 0 Å². The summed E-state index contributed by atoms with van der Waals surface area (Å²) >= 11 is 0. The number of carbonyl (C=O) groups is 2. The summed E-state index contributed by atoms with van der Waals surface area (Å²) in [5.74, 6) is -1.01. The fraction of sp³-hybridized carbons (Fsp3) is 0.875. The van der Waals surface area contributed by atoms with Crippen LogP contribution in [0.2, 0.25) is 0 Å². The predicted molar refractivity (Wildman–Crippen MR) is 90.9 cm³/mol. The largest absolute Gasteiger partial charge is 0.468 e. The van der Waals surface area contributed by atoms with Crippen LogP contribution in [0.25, 0.3) is 0 Å². The molecule has 0 bridgehead atoms. The van der Waals surface area contributed by atoms with Gasteiger partial charge in [-0.1, -0.05) is 58.3 Å². The van der Waals surface area contributed by atoms with Crippen LogP contribution in [-0.2, 0) is 19.1 Å². The molecule has 2 radical (unpaired) electrons. The molecule has 0 aliphatic carbocycles. The number of ether oxygens (including phenoxy) is 2. The van der Waals surface area contributed by atoms with Crippen molar-refractivity contribution in [3.05, 3.63) is 0 Å². The molecule has 0 heterocycles. The van der Waals surface area contributed by atoms with Crippen LogP contribution in [-0.4, -0.2) is 107 Å². The summed E-state index contributed by atoms with van der Waals surface area (Å²) in [6, 6.07) is 0. The molecule has 0 spiro atoms. The van der Waals surface area contributed by atoms with Crippen molar-refractivity contribution >= 4 is 92.9 Å². The minimum atomic E-state index is -1.16. The summed E-state index contributed by atoms with van der Waals surface area (Å²) in [5.41, 5.74) is -1.16. The Morgan fingerprint density at radius 1 is 0.818 bits per heavy atom. The van der Waals surface area contributed by atoms with Crippen LogP contribution in [0, 0.1) is 5.41 Å². The van der Waals surface area contributed by atoms with Crippen molar-refractivity contribution in [2.45, 2.75) is 71.6 Å². The molecule has 4 nitrogen and oxygen atoms in total. The van der Waals surface area contributed by atoms with E-state index in [4.69, 9.17) is 9.47 Å². The zero-order chi connectivity index (χ0) is 15.4. The van der Waals surface area contributed by atoms with E-state index in [2.05, 4.69) is 6.92 Å². The minimum Gasteiger partial charge on any atom is -0.468 e. The number of unbranched alkanes of at least 4 members (excludes halogenated alkanes) is 7. The van der Waals surface area contributed by atoms with Crippen LogP contribution in [0.5, 0.6) is 0 Å². The molecule has 0 aromatic carbocycles. The average molecular weight is 348 g/mol. The normalized spacial score (nSPS) is 10.2. The molecule has 0 aromatic rings. The van der Waals surface area contributed by atoms with Gasteiger partial charge in [0.15, 0.2) is 5.41 Å². The summed E-state index contributed by atoms with van der Waals surface area (Å²) in [5, 5.41) is 0. The van der Waals surface area contributed by atoms with E-state index in [1.54, 1.807) is 6.92 Å². The molecular weight excluding hydrogens is 318 g/mol. The second-order valence-electron chi connectivity index (χ2n) is 5.54. The van der Waals surface area contributed by atoms with Gasteiger partial charge in [0.1, 0.15) is 0 Å². The van der Waals surface area contributed by atoms with Gasteiger partial charge in [0, 0.05) is 80.9 Å². The standard InChI is InChI=1S/C16H30O4.K.Na/c1-5-6-7-8-9-10-11-12-13-16(2,14(17)19-3)15(18)20-4;;/h5-13H2,1-4H3;;. The molecule has 0 unspecified atom stereocenters. The molecule has 0 amide bonds. The van der Waals surface area contributed by atoms with E-state index in [-0.39, 0.29) is 80.9 Å². The third kappa shape index (κ3) is 11.2. The molecule has 0 aromatic heterocycles. The third-order valence-electron chi connectivity index (χ3n) is 3.80. The molecule has 0 atom stereocenters. The number of esters is 2. The Labute approximate surface area is 200 Å². The van der Waals surface area contributed by atoms with Crippen molar-refractivity contribution in [2.24, 2.45) is 5.41 Å².